The molecule has 4 heterocycles. The Labute approximate surface area is 212 Å². The number of nitro groups is 1. The Hall–Kier alpha value is -4.24. The number of benzene rings is 2. The van der Waals surface area contributed by atoms with Crippen molar-refractivity contribution in [2.75, 3.05) is 19.6 Å². The Morgan fingerprint density at radius 3 is 2.43 bits per heavy atom. The lowest BCUT2D eigenvalue weighted by Crippen LogP contribution is -2.31. The van der Waals surface area contributed by atoms with Gasteiger partial charge in [-0.05, 0) is 51.0 Å². The number of hydrogen-bond donors (Lipinski definition) is 2. The standard InChI is InChI=1S/C28H27N5O4/c34-27-25(21-16-29-23-8-3-2-7-19(21)23)26(28(35)30-27)22-17-32(14-6-13-31-11-4-1-5-12-31)24-15-18(33(36)37)9-10-20(22)24/h2-3,7-10,15-17,29H,1,4-6,11-14H2,(H,30,34,35). The topological polar surface area (TPSA) is 113 Å². The lowest BCUT2D eigenvalue weighted by Gasteiger charge is -2.26. The molecule has 0 unspecified atom stereocenters. The van der Waals surface area contributed by atoms with Gasteiger partial charge in [0.15, 0.2) is 0 Å². The average Bonchev–Trinajstić information content (AvgIpc) is 3.57. The fraction of sp³-hybridized carbons (Fsp3) is 0.286. The second-order valence-corrected chi connectivity index (χ2v) is 9.73. The van der Waals surface area contributed by atoms with E-state index >= 15 is 0 Å². The number of nitro benzene ring substituents is 1. The number of nitrogens with zero attached hydrogens (tertiary/aromatic N) is 3. The van der Waals surface area contributed by atoms with Crippen molar-refractivity contribution in [3.05, 3.63) is 76.1 Å². The number of amides is 2. The predicted molar refractivity (Wildman–Crippen MR) is 142 cm³/mol. The summed E-state index contributed by atoms with van der Waals surface area (Å²) in [5, 5.41) is 15.6. The van der Waals surface area contributed by atoms with E-state index in [9.17, 15) is 19.7 Å². The van der Waals surface area contributed by atoms with Crippen LogP contribution in [-0.2, 0) is 16.1 Å². The molecule has 9 heteroatoms. The van der Waals surface area contributed by atoms with Gasteiger partial charge in [0.2, 0.25) is 0 Å². The summed E-state index contributed by atoms with van der Waals surface area (Å²) in [6.07, 6.45) is 8.22. The van der Waals surface area contributed by atoms with Gasteiger partial charge in [-0.1, -0.05) is 24.6 Å². The number of fused-ring (bicyclic) bond motifs is 2. The maximum atomic E-state index is 13.2. The molecular formula is C28H27N5O4. The van der Waals surface area contributed by atoms with Gasteiger partial charge in [0.05, 0.1) is 21.6 Å². The monoisotopic (exact) mass is 497 g/mol. The van der Waals surface area contributed by atoms with E-state index in [4.69, 9.17) is 0 Å². The number of aryl methyl sites for hydroxylation is 1. The summed E-state index contributed by atoms with van der Waals surface area (Å²) >= 11 is 0. The third-order valence-corrected chi connectivity index (χ3v) is 7.46. The van der Waals surface area contributed by atoms with Crippen molar-refractivity contribution in [3.63, 3.8) is 0 Å². The van der Waals surface area contributed by atoms with Crippen molar-refractivity contribution in [2.45, 2.75) is 32.2 Å². The molecule has 0 saturated carbocycles. The van der Waals surface area contributed by atoms with Crippen molar-refractivity contribution in [2.24, 2.45) is 0 Å². The fourth-order valence-electron chi connectivity index (χ4n) is 5.67. The van der Waals surface area contributed by atoms with Crippen LogP contribution in [0.5, 0.6) is 0 Å². The van der Waals surface area contributed by atoms with Gasteiger partial charge >= 0.3 is 0 Å². The summed E-state index contributed by atoms with van der Waals surface area (Å²) in [4.78, 5) is 43.0. The molecule has 0 aliphatic carbocycles. The molecule has 2 amide bonds. The van der Waals surface area contributed by atoms with Crippen LogP contribution < -0.4 is 5.32 Å². The number of carbonyl (C=O) groups excluding carboxylic acids is 2. The van der Waals surface area contributed by atoms with E-state index < -0.39 is 16.7 Å². The minimum atomic E-state index is -0.462. The number of hydrogen-bond acceptors (Lipinski definition) is 5. The zero-order valence-corrected chi connectivity index (χ0v) is 20.3. The fourth-order valence-corrected chi connectivity index (χ4v) is 5.67. The van der Waals surface area contributed by atoms with Crippen LogP contribution in [0.4, 0.5) is 5.69 Å². The normalized spacial score (nSPS) is 16.8. The maximum absolute atomic E-state index is 13.2. The number of non-ortho nitro benzene ring substituents is 1. The molecule has 2 aromatic heterocycles. The number of imide groups is 1. The smallest absolute Gasteiger partial charge is 0.271 e. The molecule has 2 N–H and O–H groups in total. The molecule has 2 aliphatic heterocycles. The van der Waals surface area contributed by atoms with E-state index in [1.807, 2.05) is 35.0 Å². The molecule has 2 aromatic carbocycles. The SMILES string of the molecule is O=C1NC(=O)C(c2cn(CCCN3CCCCC3)c3cc([N+](=O)[O-])ccc23)=C1c1c[nH]c2ccccc12. The minimum Gasteiger partial charge on any atom is -0.361 e. The Balaban J connectivity index is 1.46. The number of para-hydroxylation sites is 1. The van der Waals surface area contributed by atoms with Crippen LogP contribution in [0.15, 0.2) is 54.9 Å². The van der Waals surface area contributed by atoms with Crippen LogP contribution in [0.2, 0.25) is 0 Å². The van der Waals surface area contributed by atoms with Crippen LogP contribution in [0.1, 0.15) is 36.8 Å². The van der Waals surface area contributed by atoms with E-state index in [0.717, 1.165) is 37.0 Å². The summed E-state index contributed by atoms with van der Waals surface area (Å²) < 4.78 is 1.98. The van der Waals surface area contributed by atoms with Crippen LogP contribution in [-0.4, -0.2) is 50.8 Å². The zero-order valence-electron chi connectivity index (χ0n) is 20.3. The molecule has 4 aromatic rings. The Kier molecular flexibility index (Phi) is 5.84. The van der Waals surface area contributed by atoms with Crippen molar-refractivity contribution in [1.29, 1.82) is 0 Å². The second kappa shape index (κ2) is 9.33. The van der Waals surface area contributed by atoms with Gasteiger partial charge in [-0.3, -0.25) is 25.0 Å². The third-order valence-electron chi connectivity index (χ3n) is 7.46. The van der Waals surface area contributed by atoms with E-state index in [2.05, 4.69) is 15.2 Å². The molecule has 9 nitrogen and oxygen atoms in total. The van der Waals surface area contributed by atoms with Crippen molar-refractivity contribution in [1.82, 2.24) is 19.8 Å². The van der Waals surface area contributed by atoms with Gasteiger partial charge in [-0.25, -0.2) is 0 Å². The van der Waals surface area contributed by atoms with E-state index in [1.54, 1.807) is 18.3 Å². The third kappa shape index (κ3) is 4.11. The summed E-state index contributed by atoms with van der Waals surface area (Å²) in [6.45, 7) is 3.81. The molecule has 0 spiro atoms. The number of piperidine rings is 1. The van der Waals surface area contributed by atoms with Gasteiger partial charge in [-0.15, -0.1) is 0 Å². The Bertz CT molecular complexity index is 1590. The van der Waals surface area contributed by atoms with Crippen LogP contribution in [0.25, 0.3) is 33.0 Å². The molecule has 1 fully saturated rings. The summed E-state index contributed by atoms with van der Waals surface area (Å²) in [6, 6.07) is 12.3. The van der Waals surface area contributed by atoms with Gasteiger partial charge in [0, 0.05) is 58.5 Å². The first-order chi connectivity index (χ1) is 18.0. The second-order valence-electron chi connectivity index (χ2n) is 9.73. The lowest BCUT2D eigenvalue weighted by atomic mass is 9.95. The molecule has 0 radical (unpaired) electrons. The molecular weight excluding hydrogens is 470 g/mol. The zero-order chi connectivity index (χ0) is 25.5. The molecule has 188 valence electrons. The number of aromatic nitrogens is 2. The Morgan fingerprint density at radius 1 is 0.892 bits per heavy atom. The van der Waals surface area contributed by atoms with Gasteiger partial charge in [0.25, 0.3) is 17.5 Å². The first-order valence-electron chi connectivity index (χ1n) is 12.7. The average molecular weight is 498 g/mol. The Morgan fingerprint density at radius 2 is 1.65 bits per heavy atom. The lowest BCUT2D eigenvalue weighted by molar-refractivity contribution is -0.384. The maximum Gasteiger partial charge on any atom is 0.271 e. The highest BCUT2D eigenvalue weighted by Gasteiger charge is 2.35. The van der Waals surface area contributed by atoms with Crippen molar-refractivity contribution >= 4 is 50.5 Å². The minimum absolute atomic E-state index is 0.00721. The van der Waals surface area contributed by atoms with E-state index in [1.165, 1.54) is 25.3 Å². The van der Waals surface area contributed by atoms with Gasteiger partial charge in [0.1, 0.15) is 0 Å². The highest BCUT2D eigenvalue weighted by atomic mass is 16.6. The summed E-state index contributed by atoms with van der Waals surface area (Å²) in [5.74, 6) is -0.909. The summed E-state index contributed by atoms with van der Waals surface area (Å²) in [5.41, 5.74) is 3.41. The van der Waals surface area contributed by atoms with Crippen LogP contribution >= 0.6 is 0 Å². The quantitative estimate of drug-likeness (QED) is 0.222. The first-order valence-corrected chi connectivity index (χ1v) is 12.7. The highest BCUT2D eigenvalue weighted by Crippen LogP contribution is 2.39. The molecule has 0 atom stereocenters. The summed E-state index contributed by atoms with van der Waals surface area (Å²) in [7, 11) is 0. The van der Waals surface area contributed by atoms with Gasteiger partial charge < -0.3 is 14.5 Å². The van der Waals surface area contributed by atoms with E-state index in [0.29, 0.717) is 39.7 Å². The number of nitrogens with one attached hydrogen (secondary N) is 2. The first kappa shape index (κ1) is 23.2. The molecule has 6 rings (SSSR count). The number of aromatic amines is 1. The largest absolute Gasteiger partial charge is 0.361 e. The number of likely N-dealkylation sites (tertiary alicyclic amines) is 1. The van der Waals surface area contributed by atoms with E-state index in [-0.39, 0.29) is 5.69 Å². The number of H-pyrrole nitrogens is 1. The molecule has 1 saturated heterocycles. The number of rotatable bonds is 7. The highest BCUT2D eigenvalue weighted by molar-refractivity contribution is 6.50. The predicted octanol–water partition coefficient (Wildman–Crippen LogP) is 4.47. The van der Waals surface area contributed by atoms with Crippen LogP contribution in [0.3, 0.4) is 0 Å². The van der Waals surface area contributed by atoms with Crippen molar-refractivity contribution in [3.8, 4) is 0 Å². The number of carbonyl (C=O) groups is 2. The molecule has 37 heavy (non-hydrogen) atoms. The van der Waals surface area contributed by atoms with Crippen molar-refractivity contribution < 1.29 is 14.5 Å². The molecule has 2 aliphatic rings. The molecule has 0 bridgehead atoms. The van der Waals surface area contributed by atoms with Crippen LogP contribution in [0, 0.1) is 10.1 Å². The van der Waals surface area contributed by atoms with Gasteiger partial charge in [-0.2, -0.15) is 0 Å².